The molecule has 0 bridgehead atoms. The highest BCUT2D eigenvalue weighted by Crippen LogP contribution is 2.27. The normalized spacial score (nSPS) is 20.9. The summed E-state index contributed by atoms with van der Waals surface area (Å²) in [4.78, 5) is 10.4. The number of nitrogens with one attached hydrogen (secondary N) is 1. The zero-order chi connectivity index (χ0) is 17.2. The standard InChI is InChI=1S/C20H21BrN4/c21-16-8-6-15(7-9-16)19-10-23-20(24-19)13-25-11-17(18(22)12-25)14-4-2-1-3-5-14/h1-10,17-18H,11-13,22H2,(H,23,24)/t17-,18+/m0/s1. The summed E-state index contributed by atoms with van der Waals surface area (Å²) in [6.45, 7) is 2.67. The maximum Gasteiger partial charge on any atom is 0.120 e. The summed E-state index contributed by atoms with van der Waals surface area (Å²) < 4.78 is 1.08. The number of hydrogen-bond donors (Lipinski definition) is 2. The van der Waals surface area contributed by atoms with Crippen LogP contribution >= 0.6 is 15.9 Å². The zero-order valence-corrected chi connectivity index (χ0v) is 15.5. The average molecular weight is 397 g/mol. The Morgan fingerprint density at radius 3 is 2.60 bits per heavy atom. The van der Waals surface area contributed by atoms with Crippen LogP contribution in [-0.2, 0) is 6.54 Å². The largest absolute Gasteiger partial charge is 0.341 e. The van der Waals surface area contributed by atoms with Crippen LogP contribution in [-0.4, -0.2) is 34.0 Å². The Kier molecular flexibility index (Phi) is 4.70. The predicted molar refractivity (Wildman–Crippen MR) is 104 cm³/mol. The number of benzene rings is 2. The number of aromatic amines is 1. The van der Waals surface area contributed by atoms with Crippen LogP contribution in [0.5, 0.6) is 0 Å². The van der Waals surface area contributed by atoms with Crippen LogP contribution in [0, 0.1) is 0 Å². The van der Waals surface area contributed by atoms with E-state index in [1.165, 1.54) is 5.56 Å². The molecule has 1 aliphatic heterocycles. The number of rotatable bonds is 4. The van der Waals surface area contributed by atoms with Gasteiger partial charge in [-0.1, -0.05) is 58.4 Å². The summed E-state index contributed by atoms with van der Waals surface area (Å²) in [5.41, 5.74) is 9.90. The van der Waals surface area contributed by atoms with Crippen LogP contribution in [0.25, 0.3) is 11.3 Å². The van der Waals surface area contributed by atoms with E-state index in [1.807, 2.05) is 24.4 Å². The molecule has 3 N–H and O–H groups in total. The van der Waals surface area contributed by atoms with Crippen LogP contribution in [0.2, 0.25) is 0 Å². The van der Waals surface area contributed by atoms with Crippen molar-refractivity contribution in [2.75, 3.05) is 13.1 Å². The van der Waals surface area contributed by atoms with E-state index in [0.29, 0.717) is 5.92 Å². The average Bonchev–Trinajstić information content (AvgIpc) is 3.23. The Morgan fingerprint density at radius 2 is 1.84 bits per heavy atom. The molecule has 5 heteroatoms. The van der Waals surface area contributed by atoms with Crippen molar-refractivity contribution in [3.8, 4) is 11.3 Å². The van der Waals surface area contributed by atoms with Gasteiger partial charge < -0.3 is 10.7 Å². The molecule has 0 amide bonds. The number of H-pyrrole nitrogens is 1. The molecule has 1 saturated heterocycles. The van der Waals surface area contributed by atoms with E-state index in [0.717, 1.165) is 41.2 Å². The minimum absolute atomic E-state index is 0.170. The first-order valence-corrected chi connectivity index (χ1v) is 9.31. The van der Waals surface area contributed by atoms with Gasteiger partial charge in [0, 0.05) is 29.5 Å². The second-order valence-corrected chi connectivity index (χ2v) is 7.54. The van der Waals surface area contributed by atoms with Gasteiger partial charge in [-0.3, -0.25) is 4.90 Å². The van der Waals surface area contributed by atoms with Gasteiger partial charge in [0.25, 0.3) is 0 Å². The highest BCUT2D eigenvalue weighted by molar-refractivity contribution is 9.10. The molecule has 1 aliphatic rings. The molecule has 2 heterocycles. The van der Waals surface area contributed by atoms with Gasteiger partial charge in [-0.2, -0.15) is 0 Å². The van der Waals surface area contributed by atoms with Crippen molar-refractivity contribution in [3.05, 3.63) is 76.7 Å². The Labute approximate surface area is 156 Å². The highest BCUT2D eigenvalue weighted by atomic mass is 79.9. The molecular formula is C20H21BrN4. The maximum atomic E-state index is 6.39. The Morgan fingerprint density at radius 1 is 1.08 bits per heavy atom. The fraction of sp³-hybridized carbons (Fsp3) is 0.250. The third-order valence-electron chi connectivity index (χ3n) is 4.83. The van der Waals surface area contributed by atoms with Crippen molar-refractivity contribution in [2.24, 2.45) is 5.73 Å². The van der Waals surface area contributed by atoms with Crippen molar-refractivity contribution in [2.45, 2.75) is 18.5 Å². The summed E-state index contributed by atoms with van der Waals surface area (Å²) >= 11 is 3.47. The lowest BCUT2D eigenvalue weighted by molar-refractivity contribution is 0.316. The minimum Gasteiger partial charge on any atom is -0.341 e. The smallest absolute Gasteiger partial charge is 0.120 e. The monoisotopic (exact) mass is 396 g/mol. The van der Waals surface area contributed by atoms with Gasteiger partial charge in [-0.15, -0.1) is 0 Å². The second-order valence-electron chi connectivity index (χ2n) is 6.63. The van der Waals surface area contributed by atoms with Crippen LogP contribution in [0.4, 0.5) is 0 Å². The summed E-state index contributed by atoms with van der Waals surface area (Å²) in [6, 6.07) is 19.0. The van der Waals surface area contributed by atoms with Gasteiger partial charge in [-0.25, -0.2) is 4.98 Å². The van der Waals surface area contributed by atoms with E-state index in [1.54, 1.807) is 0 Å². The molecule has 1 aromatic heterocycles. The van der Waals surface area contributed by atoms with Gasteiger partial charge in [0.2, 0.25) is 0 Å². The molecule has 2 atom stereocenters. The van der Waals surface area contributed by atoms with E-state index >= 15 is 0 Å². The molecule has 0 aliphatic carbocycles. The molecule has 0 saturated carbocycles. The van der Waals surface area contributed by atoms with E-state index in [-0.39, 0.29) is 6.04 Å². The van der Waals surface area contributed by atoms with Gasteiger partial charge in [-0.05, 0) is 23.3 Å². The number of halogens is 1. The Bertz CT molecular complexity index is 828. The van der Waals surface area contributed by atoms with Gasteiger partial charge in [0.1, 0.15) is 5.82 Å². The third-order valence-corrected chi connectivity index (χ3v) is 5.35. The topological polar surface area (TPSA) is 57.9 Å². The van der Waals surface area contributed by atoms with Gasteiger partial charge in [0.15, 0.2) is 0 Å². The molecule has 0 spiro atoms. The van der Waals surface area contributed by atoms with Crippen molar-refractivity contribution < 1.29 is 0 Å². The van der Waals surface area contributed by atoms with E-state index < -0.39 is 0 Å². The number of aromatic nitrogens is 2. The quantitative estimate of drug-likeness (QED) is 0.705. The van der Waals surface area contributed by atoms with E-state index in [4.69, 9.17) is 5.73 Å². The lowest BCUT2D eigenvalue weighted by Gasteiger charge is -2.15. The first kappa shape index (κ1) is 16.5. The molecule has 1 fully saturated rings. The molecule has 2 aromatic carbocycles. The molecule has 4 nitrogen and oxygen atoms in total. The van der Waals surface area contributed by atoms with Crippen LogP contribution < -0.4 is 5.73 Å². The summed E-state index contributed by atoms with van der Waals surface area (Å²) in [7, 11) is 0. The highest BCUT2D eigenvalue weighted by Gasteiger charge is 2.31. The number of likely N-dealkylation sites (tertiary alicyclic amines) is 1. The van der Waals surface area contributed by atoms with Crippen LogP contribution in [0.1, 0.15) is 17.3 Å². The lowest BCUT2D eigenvalue weighted by atomic mass is 9.95. The van der Waals surface area contributed by atoms with Crippen molar-refractivity contribution in [3.63, 3.8) is 0 Å². The maximum absolute atomic E-state index is 6.39. The summed E-state index contributed by atoms with van der Waals surface area (Å²) in [5.74, 6) is 1.38. The molecule has 0 unspecified atom stereocenters. The number of hydrogen-bond acceptors (Lipinski definition) is 3. The Hall–Kier alpha value is -1.95. The minimum atomic E-state index is 0.170. The summed E-state index contributed by atoms with van der Waals surface area (Å²) in [5, 5.41) is 0. The molecule has 4 rings (SSSR count). The Balaban J connectivity index is 1.44. The molecule has 0 radical (unpaired) electrons. The van der Waals surface area contributed by atoms with Crippen molar-refractivity contribution in [1.29, 1.82) is 0 Å². The predicted octanol–water partition coefficient (Wildman–Crippen LogP) is 3.77. The second kappa shape index (κ2) is 7.12. The van der Waals surface area contributed by atoms with Crippen molar-refractivity contribution >= 4 is 15.9 Å². The number of imidazole rings is 1. The fourth-order valence-electron chi connectivity index (χ4n) is 3.53. The SMILES string of the molecule is N[C@@H]1CN(Cc2ncc(-c3ccc(Br)cc3)[nH]2)C[C@H]1c1ccccc1. The number of nitrogens with zero attached hydrogens (tertiary/aromatic N) is 2. The lowest BCUT2D eigenvalue weighted by Crippen LogP contribution is -2.28. The fourth-order valence-corrected chi connectivity index (χ4v) is 3.79. The first-order chi connectivity index (χ1) is 12.2. The van der Waals surface area contributed by atoms with Crippen LogP contribution in [0.15, 0.2) is 65.3 Å². The van der Waals surface area contributed by atoms with Crippen molar-refractivity contribution in [1.82, 2.24) is 14.9 Å². The zero-order valence-electron chi connectivity index (χ0n) is 13.9. The van der Waals surface area contributed by atoms with Gasteiger partial charge in [0.05, 0.1) is 18.4 Å². The summed E-state index contributed by atoms with van der Waals surface area (Å²) in [6.07, 6.45) is 1.91. The van der Waals surface area contributed by atoms with E-state index in [9.17, 15) is 0 Å². The third kappa shape index (κ3) is 3.68. The van der Waals surface area contributed by atoms with E-state index in [2.05, 4.69) is 67.2 Å². The van der Waals surface area contributed by atoms with Crippen LogP contribution in [0.3, 0.4) is 0 Å². The van der Waals surface area contributed by atoms with Gasteiger partial charge >= 0.3 is 0 Å². The number of nitrogens with two attached hydrogens (primary N) is 1. The molecular weight excluding hydrogens is 376 g/mol. The molecule has 25 heavy (non-hydrogen) atoms. The molecule has 3 aromatic rings. The molecule has 128 valence electrons. The first-order valence-electron chi connectivity index (χ1n) is 8.52.